The summed E-state index contributed by atoms with van der Waals surface area (Å²) in [4.78, 5) is 12.3. The van der Waals surface area contributed by atoms with Crippen molar-refractivity contribution >= 4 is 5.97 Å². The molecule has 8 heteroatoms. The lowest BCUT2D eigenvalue weighted by Crippen LogP contribution is -2.27. The summed E-state index contributed by atoms with van der Waals surface area (Å²) in [5, 5.41) is 8.72. The van der Waals surface area contributed by atoms with Crippen LogP contribution in [0, 0.1) is 58.3 Å². The highest BCUT2D eigenvalue weighted by molar-refractivity contribution is 5.91. The molecule has 0 heterocycles. The summed E-state index contributed by atoms with van der Waals surface area (Å²) in [7, 11) is 0. The van der Waals surface area contributed by atoms with Gasteiger partial charge >= 0.3 is 5.97 Å². The summed E-state index contributed by atoms with van der Waals surface area (Å²) >= 11 is 0. The lowest BCUT2D eigenvalue weighted by molar-refractivity contribution is 0.0723. The molecule has 0 bridgehead atoms. The molecule has 0 aromatic heterocycles. The first-order valence-electron chi connectivity index (χ1n) is 14.0. The Balaban J connectivity index is 1.27. The average Bonchev–Trinajstić information content (AvgIpc) is 2.91. The van der Waals surface area contributed by atoms with Gasteiger partial charge in [-0.15, -0.1) is 0 Å². The lowest BCUT2D eigenvalue weighted by Gasteiger charge is -2.38. The fourth-order valence-electron chi connectivity index (χ4n) is 6.18. The summed E-state index contributed by atoms with van der Waals surface area (Å²) in [6.45, 7) is 2.59. The summed E-state index contributed by atoms with van der Waals surface area (Å²) in [5.74, 6) is -4.26. The van der Waals surface area contributed by atoms with Crippen LogP contribution in [0.5, 0.6) is 11.5 Å². The molecule has 4 nitrogen and oxygen atoms in total. The van der Waals surface area contributed by atoms with Gasteiger partial charge in [-0.05, 0) is 62.2 Å². The number of benzene rings is 2. The Labute approximate surface area is 227 Å². The highest BCUT2D eigenvalue weighted by Crippen LogP contribution is 2.42. The molecular weight excluding hydrogens is 510 g/mol. The molecule has 2 fully saturated rings. The SMILES string of the molecule is CCCC[C@H]1CC[C@H]([C@H]2CC[C@H](COc3cc(F)c(C(=O)Oc4cc(F)c(C#N)c(F)c4)c(F)c3)CC2)CC1. The van der Waals surface area contributed by atoms with Gasteiger partial charge in [0.1, 0.15) is 52.0 Å². The van der Waals surface area contributed by atoms with Crippen molar-refractivity contribution < 1.29 is 31.8 Å². The first-order chi connectivity index (χ1) is 18.8. The smallest absolute Gasteiger partial charge is 0.349 e. The molecule has 2 aliphatic carbocycles. The van der Waals surface area contributed by atoms with E-state index in [4.69, 9.17) is 14.7 Å². The second kappa shape index (κ2) is 13.3. The van der Waals surface area contributed by atoms with Gasteiger partial charge in [-0.3, -0.25) is 0 Å². The third-order valence-electron chi connectivity index (χ3n) is 8.46. The highest BCUT2D eigenvalue weighted by atomic mass is 19.1. The maximum absolute atomic E-state index is 14.6. The zero-order valence-electron chi connectivity index (χ0n) is 22.3. The van der Waals surface area contributed by atoms with Crippen LogP contribution in [-0.2, 0) is 0 Å². The lowest BCUT2D eigenvalue weighted by atomic mass is 9.69. The molecule has 39 heavy (non-hydrogen) atoms. The molecule has 0 aliphatic heterocycles. The van der Waals surface area contributed by atoms with E-state index in [9.17, 15) is 22.4 Å². The van der Waals surface area contributed by atoms with Crippen molar-refractivity contribution in [3.63, 3.8) is 0 Å². The van der Waals surface area contributed by atoms with Gasteiger partial charge in [-0.2, -0.15) is 5.26 Å². The van der Waals surface area contributed by atoms with Crippen LogP contribution in [0.1, 0.15) is 93.5 Å². The highest BCUT2D eigenvalue weighted by Gasteiger charge is 2.31. The zero-order valence-corrected chi connectivity index (χ0v) is 22.3. The quantitative estimate of drug-likeness (QED) is 0.180. The van der Waals surface area contributed by atoms with Crippen molar-refractivity contribution in [2.75, 3.05) is 6.61 Å². The van der Waals surface area contributed by atoms with Crippen molar-refractivity contribution in [3.05, 3.63) is 58.7 Å². The predicted molar refractivity (Wildman–Crippen MR) is 138 cm³/mol. The van der Waals surface area contributed by atoms with E-state index >= 15 is 0 Å². The molecule has 0 radical (unpaired) electrons. The summed E-state index contributed by atoms with van der Waals surface area (Å²) in [5.41, 5.74) is -1.86. The van der Waals surface area contributed by atoms with Gasteiger partial charge in [-0.25, -0.2) is 22.4 Å². The first-order valence-corrected chi connectivity index (χ1v) is 14.0. The minimum Gasteiger partial charge on any atom is -0.493 e. The van der Waals surface area contributed by atoms with Gasteiger partial charge in [0, 0.05) is 24.3 Å². The minimum atomic E-state index is -1.46. The number of hydrogen-bond acceptors (Lipinski definition) is 4. The van der Waals surface area contributed by atoms with Crippen LogP contribution in [0.3, 0.4) is 0 Å². The number of rotatable bonds is 9. The van der Waals surface area contributed by atoms with E-state index in [0.717, 1.165) is 55.6 Å². The number of ether oxygens (including phenoxy) is 2. The fourth-order valence-corrected chi connectivity index (χ4v) is 6.18. The topological polar surface area (TPSA) is 59.3 Å². The Hall–Kier alpha value is -3.08. The van der Waals surface area contributed by atoms with Crippen LogP contribution in [-0.4, -0.2) is 12.6 Å². The number of halogens is 4. The van der Waals surface area contributed by atoms with Crippen LogP contribution in [0.4, 0.5) is 17.6 Å². The van der Waals surface area contributed by atoms with Crippen molar-refractivity contribution in [2.24, 2.45) is 23.7 Å². The van der Waals surface area contributed by atoms with E-state index in [-0.39, 0.29) is 5.75 Å². The number of carbonyl (C=O) groups is 1. The number of unbranched alkanes of at least 4 members (excludes halogenated alkanes) is 1. The fraction of sp³-hybridized carbons (Fsp3) is 0.548. The zero-order chi connectivity index (χ0) is 27.9. The Morgan fingerprint density at radius 2 is 1.33 bits per heavy atom. The maximum Gasteiger partial charge on any atom is 0.349 e. The number of hydrogen-bond donors (Lipinski definition) is 0. The van der Waals surface area contributed by atoms with E-state index in [2.05, 4.69) is 6.92 Å². The Bertz CT molecular complexity index is 1150. The van der Waals surface area contributed by atoms with E-state index in [1.807, 2.05) is 0 Å². The predicted octanol–water partition coefficient (Wildman–Crippen LogP) is 8.52. The van der Waals surface area contributed by atoms with E-state index in [1.54, 1.807) is 0 Å². The van der Waals surface area contributed by atoms with Gasteiger partial charge in [0.15, 0.2) is 0 Å². The van der Waals surface area contributed by atoms with E-state index < -0.39 is 46.1 Å². The Kier molecular flexibility index (Phi) is 9.88. The van der Waals surface area contributed by atoms with E-state index in [0.29, 0.717) is 24.7 Å². The Morgan fingerprint density at radius 1 is 0.821 bits per heavy atom. The second-order valence-corrected chi connectivity index (χ2v) is 11.0. The molecule has 0 atom stereocenters. The molecule has 0 unspecified atom stereocenters. The molecule has 4 rings (SSSR count). The van der Waals surface area contributed by atoms with E-state index in [1.165, 1.54) is 51.0 Å². The minimum absolute atomic E-state index is 0.0375. The first kappa shape index (κ1) is 28.9. The normalized spacial score (nSPS) is 23.2. The van der Waals surface area contributed by atoms with Crippen LogP contribution in [0.25, 0.3) is 0 Å². The van der Waals surface area contributed by atoms with Crippen molar-refractivity contribution in [1.29, 1.82) is 5.26 Å². The molecule has 210 valence electrons. The molecule has 0 spiro atoms. The third-order valence-corrected chi connectivity index (χ3v) is 8.46. The molecule has 2 aromatic carbocycles. The van der Waals surface area contributed by atoms with Gasteiger partial charge in [0.05, 0.1) is 6.61 Å². The Morgan fingerprint density at radius 3 is 1.85 bits per heavy atom. The van der Waals surface area contributed by atoms with Gasteiger partial charge in [-0.1, -0.05) is 39.0 Å². The maximum atomic E-state index is 14.6. The molecule has 0 saturated heterocycles. The third kappa shape index (κ3) is 7.32. The molecule has 0 amide bonds. The van der Waals surface area contributed by atoms with Gasteiger partial charge < -0.3 is 9.47 Å². The largest absolute Gasteiger partial charge is 0.493 e. The van der Waals surface area contributed by atoms with Crippen LogP contribution in [0.15, 0.2) is 24.3 Å². The number of carbonyl (C=O) groups excluding carboxylic acids is 1. The van der Waals surface area contributed by atoms with Gasteiger partial charge in [0.2, 0.25) is 0 Å². The molecular formula is C31H35F4NO3. The number of nitriles is 1. The molecule has 2 saturated carbocycles. The van der Waals surface area contributed by atoms with Gasteiger partial charge in [0.25, 0.3) is 0 Å². The molecule has 2 aliphatic rings. The van der Waals surface area contributed by atoms with Crippen molar-refractivity contribution in [3.8, 4) is 17.6 Å². The monoisotopic (exact) mass is 545 g/mol. The van der Waals surface area contributed by atoms with Crippen molar-refractivity contribution in [1.82, 2.24) is 0 Å². The number of nitrogens with zero attached hydrogens (tertiary/aromatic N) is 1. The van der Waals surface area contributed by atoms with Crippen LogP contribution >= 0.6 is 0 Å². The molecule has 2 aromatic rings. The summed E-state index contributed by atoms with van der Waals surface area (Å²) < 4.78 is 67.3. The van der Waals surface area contributed by atoms with Crippen LogP contribution < -0.4 is 9.47 Å². The standard InChI is InChI=1S/C31H35F4NO3/c1-2-3-4-19-5-9-21(10-6-19)22-11-7-20(8-12-22)18-38-23-13-28(34)30(29(35)14-23)31(37)39-24-15-26(32)25(17-36)27(33)16-24/h13-16,19-22H,2-12,18H2,1H3/t19-,20-,21-,22-. The second-order valence-electron chi connectivity index (χ2n) is 11.0. The number of esters is 1. The molecule has 0 N–H and O–H groups in total. The summed E-state index contributed by atoms with van der Waals surface area (Å²) in [6.07, 6.45) is 13.7. The average molecular weight is 546 g/mol. The van der Waals surface area contributed by atoms with Crippen LogP contribution in [0.2, 0.25) is 0 Å². The van der Waals surface area contributed by atoms with Crippen molar-refractivity contribution in [2.45, 2.75) is 77.6 Å². The summed E-state index contributed by atoms with van der Waals surface area (Å²) in [6, 6.07) is 4.34.